The topological polar surface area (TPSA) is 45.9 Å². The van der Waals surface area contributed by atoms with E-state index in [0.717, 1.165) is 6.42 Å². The average Bonchev–Trinajstić information content (AvgIpc) is 2.15. The summed E-state index contributed by atoms with van der Waals surface area (Å²) in [6.07, 6.45) is 2.53. The molecule has 0 radical (unpaired) electrons. The molecule has 0 saturated heterocycles. The molecule has 1 aromatic heterocycles. The fraction of sp³-hybridized carbons (Fsp3) is 0.333. The summed E-state index contributed by atoms with van der Waals surface area (Å²) in [7, 11) is 0. The van der Waals surface area contributed by atoms with Gasteiger partial charge >= 0.3 is 0 Å². The Morgan fingerprint density at radius 3 is 3.17 bits per heavy atom. The summed E-state index contributed by atoms with van der Waals surface area (Å²) in [4.78, 5) is 3.94. The fourth-order valence-electron chi connectivity index (χ4n) is 0.790. The minimum absolute atomic E-state index is 0.432. The summed E-state index contributed by atoms with van der Waals surface area (Å²) in [5.74, 6) is 0.432. The number of nitrogens with zero attached hydrogens (tertiary/aromatic N) is 2. The van der Waals surface area contributed by atoms with Gasteiger partial charge in [0.2, 0.25) is 5.88 Å². The van der Waals surface area contributed by atoms with Gasteiger partial charge in [0.15, 0.2) is 0 Å². The van der Waals surface area contributed by atoms with Gasteiger partial charge in [-0.2, -0.15) is 5.26 Å². The van der Waals surface area contributed by atoms with Gasteiger partial charge in [0, 0.05) is 6.20 Å². The zero-order chi connectivity index (χ0) is 8.81. The van der Waals surface area contributed by atoms with Crippen molar-refractivity contribution in [3.8, 4) is 11.9 Å². The van der Waals surface area contributed by atoms with E-state index in [1.54, 1.807) is 18.3 Å². The Hall–Kier alpha value is -1.56. The molecule has 0 aliphatic carbocycles. The molecule has 0 atom stereocenters. The smallest absolute Gasteiger partial charge is 0.231 e. The van der Waals surface area contributed by atoms with Crippen LogP contribution in [0.25, 0.3) is 0 Å². The molecule has 0 saturated carbocycles. The summed E-state index contributed by atoms with van der Waals surface area (Å²) in [5, 5.41) is 8.65. The molecule has 0 spiro atoms. The fourth-order valence-corrected chi connectivity index (χ4v) is 0.790. The van der Waals surface area contributed by atoms with E-state index in [1.807, 2.05) is 13.0 Å². The van der Waals surface area contributed by atoms with Crippen LogP contribution in [0.4, 0.5) is 0 Å². The second-order valence-corrected chi connectivity index (χ2v) is 2.32. The van der Waals surface area contributed by atoms with Crippen molar-refractivity contribution in [3.05, 3.63) is 23.9 Å². The number of hydrogen-bond donors (Lipinski definition) is 0. The van der Waals surface area contributed by atoms with Crippen molar-refractivity contribution >= 4 is 0 Å². The molecule has 12 heavy (non-hydrogen) atoms. The minimum Gasteiger partial charge on any atom is -0.477 e. The predicted molar refractivity (Wildman–Crippen MR) is 44.7 cm³/mol. The van der Waals surface area contributed by atoms with Gasteiger partial charge in [-0.1, -0.05) is 6.92 Å². The molecule has 0 unspecified atom stereocenters. The maximum Gasteiger partial charge on any atom is 0.231 e. The van der Waals surface area contributed by atoms with Crippen molar-refractivity contribution in [2.45, 2.75) is 13.3 Å². The van der Waals surface area contributed by atoms with Gasteiger partial charge in [-0.15, -0.1) is 0 Å². The van der Waals surface area contributed by atoms with Gasteiger partial charge in [0.05, 0.1) is 6.61 Å². The number of pyridine rings is 1. The summed E-state index contributed by atoms with van der Waals surface area (Å²) >= 11 is 0. The van der Waals surface area contributed by atoms with Crippen molar-refractivity contribution < 1.29 is 4.74 Å². The highest BCUT2D eigenvalue weighted by atomic mass is 16.5. The van der Waals surface area contributed by atoms with Crippen LogP contribution < -0.4 is 4.74 Å². The Bertz CT molecular complexity index is 291. The molecule has 1 aromatic rings. The first kappa shape index (κ1) is 8.54. The van der Waals surface area contributed by atoms with Crippen LogP contribution in [0.3, 0.4) is 0 Å². The highest BCUT2D eigenvalue weighted by molar-refractivity contribution is 5.36. The van der Waals surface area contributed by atoms with Crippen molar-refractivity contribution in [1.29, 1.82) is 5.26 Å². The van der Waals surface area contributed by atoms with Gasteiger partial charge < -0.3 is 4.74 Å². The van der Waals surface area contributed by atoms with E-state index in [2.05, 4.69) is 4.98 Å². The normalized spacial score (nSPS) is 9.00. The van der Waals surface area contributed by atoms with Gasteiger partial charge in [-0.3, -0.25) is 0 Å². The SMILES string of the molecule is CCCOc1ncccc1C#N. The zero-order valence-electron chi connectivity index (χ0n) is 6.95. The van der Waals surface area contributed by atoms with E-state index in [9.17, 15) is 0 Å². The van der Waals surface area contributed by atoms with Crippen molar-refractivity contribution in [2.75, 3.05) is 6.61 Å². The largest absolute Gasteiger partial charge is 0.477 e. The Labute approximate surface area is 71.6 Å². The summed E-state index contributed by atoms with van der Waals surface area (Å²) in [5.41, 5.74) is 0.492. The van der Waals surface area contributed by atoms with Gasteiger partial charge in [-0.25, -0.2) is 4.98 Å². The Morgan fingerprint density at radius 1 is 1.67 bits per heavy atom. The maximum absolute atomic E-state index is 8.65. The van der Waals surface area contributed by atoms with Crippen molar-refractivity contribution in [2.24, 2.45) is 0 Å². The van der Waals surface area contributed by atoms with Crippen LogP contribution in [0.1, 0.15) is 18.9 Å². The standard InChI is InChI=1S/C9H10N2O/c1-2-6-12-9-8(7-10)4-3-5-11-9/h3-5H,2,6H2,1H3. The molecule has 1 rings (SSSR count). The first-order valence-corrected chi connectivity index (χ1v) is 3.86. The van der Waals surface area contributed by atoms with Crippen LogP contribution in [-0.2, 0) is 0 Å². The van der Waals surface area contributed by atoms with E-state index < -0.39 is 0 Å². The van der Waals surface area contributed by atoms with Crippen LogP contribution in [0.2, 0.25) is 0 Å². The molecule has 3 heteroatoms. The molecule has 1 heterocycles. The molecule has 3 nitrogen and oxygen atoms in total. The third kappa shape index (κ3) is 1.96. The molecule has 62 valence electrons. The highest BCUT2D eigenvalue weighted by Crippen LogP contribution is 2.12. The molecule has 0 amide bonds. The molecule has 0 aromatic carbocycles. The second-order valence-electron chi connectivity index (χ2n) is 2.32. The highest BCUT2D eigenvalue weighted by Gasteiger charge is 2.01. The molecule has 0 N–H and O–H groups in total. The Balaban J connectivity index is 2.77. The van der Waals surface area contributed by atoms with Crippen molar-refractivity contribution in [1.82, 2.24) is 4.98 Å². The summed E-state index contributed by atoms with van der Waals surface area (Å²) in [6, 6.07) is 5.43. The number of hydrogen-bond acceptors (Lipinski definition) is 3. The third-order valence-corrected chi connectivity index (χ3v) is 1.33. The number of rotatable bonds is 3. The second kappa shape index (κ2) is 4.35. The van der Waals surface area contributed by atoms with Crippen LogP contribution in [-0.4, -0.2) is 11.6 Å². The summed E-state index contributed by atoms with van der Waals surface area (Å²) in [6.45, 7) is 2.61. The van der Waals surface area contributed by atoms with Gasteiger partial charge in [-0.05, 0) is 18.6 Å². The van der Waals surface area contributed by atoms with Crippen LogP contribution in [0.15, 0.2) is 18.3 Å². The molecular formula is C9H10N2O. The van der Waals surface area contributed by atoms with E-state index in [1.165, 1.54) is 0 Å². The van der Waals surface area contributed by atoms with Crippen LogP contribution >= 0.6 is 0 Å². The van der Waals surface area contributed by atoms with Crippen LogP contribution in [0, 0.1) is 11.3 Å². The number of nitriles is 1. The third-order valence-electron chi connectivity index (χ3n) is 1.33. The Kier molecular flexibility index (Phi) is 3.09. The number of ether oxygens (including phenoxy) is 1. The summed E-state index contributed by atoms with van der Waals surface area (Å²) < 4.78 is 5.24. The molecule has 0 aliphatic rings. The van der Waals surface area contributed by atoms with Crippen molar-refractivity contribution in [3.63, 3.8) is 0 Å². The lowest BCUT2D eigenvalue weighted by Gasteiger charge is -2.03. The van der Waals surface area contributed by atoms with Gasteiger partial charge in [0.25, 0.3) is 0 Å². The minimum atomic E-state index is 0.432. The predicted octanol–water partition coefficient (Wildman–Crippen LogP) is 1.74. The molecular weight excluding hydrogens is 152 g/mol. The first-order valence-electron chi connectivity index (χ1n) is 3.86. The maximum atomic E-state index is 8.65. The van der Waals surface area contributed by atoms with Gasteiger partial charge in [0.1, 0.15) is 11.6 Å². The molecule has 0 bridgehead atoms. The zero-order valence-corrected chi connectivity index (χ0v) is 6.95. The first-order chi connectivity index (χ1) is 5.88. The van der Waals surface area contributed by atoms with E-state index in [4.69, 9.17) is 10.00 Å². The van der Waals surface area contributed by atoms with E-state index >= 15 is 0 Å². The molecule has 0 aliphatic heterocycles. The van der Waals surface area contributed by atoms with E-state index in [0.29, 0.717) is 18.1 Å². The van der Waals surface area contributed by atoms with Crippen LogP contribution in [0.5, 0.6) is 5.88 Å². The van der Waals surface area contributed by atoms with E-state index in [-0.39, 0.29) is 0 Å². The monoisotopic (exact) mass is 162 g/mol. The lowest BCUT2D eigenvalue weighted by Crippen LogP contribution is -1.98. The quantitative estimate of drug-likeness (QED) is 0.680. The lowest BCUT2D eigenvalue weighted by molar-refractivity contribution is 0.304. The molecule has 0 fully saturated rings. The lowest BCUT2D eigenvalue weighted by atomic mass is 10.3. The number of aromatic nitrogens is 1. The Morgan fingerprint density at radius 2 is 2.50 bits per heavy atom. The average molecular weight is 162 g/mol.